The molecule has 2 aromatic rings. The normalized spacial score (nSPS) is 15.5. The maximum atomic E-state index is 11.3. The number of methoxy groups -OCH3 is 1. The molecule has 1 amide bonds. The summed E-state index contributed by atoms with van der Waals surface area (Å²) in [5.41, 5.74) is 1.91. The molecule has 1 aliphatic rings. The molecule has 2 aromatic carbocycles. The number of hydrogen-bond donors (Lipinski definition) is 2. The van der Waals surface area contributed by atoms with Crippen molar-refractivity contribution in [3.63, 3.8) is 0 Å². The monoisotopic (exact) mass is 340 g/mol. The third-order valence-electron chi connectivity index (χ3n) is 3.40. The SMILES string of the molecule is COc1cc(C=C2SC(=O)NC2=N)ccc1OCc1ccccc1. The molecule has 0 atom stereocenters. The van der Waals surface area contributed by atoms with Crippen molar-refractivity contribution in [2.45, 2.75) is 6.61 Å². The van der Waals surface area contributed by atoms with Crippen LogP contribution in [0.2, 0.25) is 0 Å². The molecule has 0 spiro atoms. The van der Waals surface area contributed by atoms with Crippen molar-refractivity contribution in [3.8, 4) is 11.5 Å². The van der Waals surface area contributed by atoms with Gasteiger partial charge in [-0.05, 0) is 41.1 Å². The molecule has 3 rings (SSSR count). The van der Waals surface area contributed by atoms with Crippen molar-refractivity contribution >= 4 is 28.9 Å². The molecular weight excluding hydrogens is 324 g/mol. The van der Waals surface area contributed by atoms with Gasteiger partial charge in [0.15, 0.2) is 11.5 Å². The number of nitrogens with one attached hydrogen (secondary N) is 2. The van der Waals surface area contributed by atoms with Crippen LogP contribution in [0.5, 0.6) is 11.5 Å². The highest BCUT2D eigenvalue weighted by molar-refractivity contribution is 8.18. The molecule has 1 aliphatic heterocycles. The molecule has 1 fully saturated rings. The first-order valence-electron chi connectivity index (χ1n) is 7.30. The Morgan fingerprint density at radius 1 is 1.17 bits per heavy atom. The van der Waals surface area contributed by atoms with Gasteiger partial charge < -0.3 is 14.8 Å². The van der Waals surface area contributed by atoms with Gasteiger partial charge in [0.2, 0.25) is 0 Å². The number of carbonyl (C=O) groups is 1. The molecule has 0 aliphatic carbocycles. The van der Waals surface area contributed by atoms with E-state index in [2.05, 4.69) is 5.32 Å². The van der Waals surface area contributed by atoms with Crippen LogP contribution in [-0.2, 0) is 6.61 Å². The van der Waals surface area contributed by atoms with Crippen LogP contribution < -0.4 is 14.8 Å². The van der Waals surface area contributed by atoms with E-state index < -0.39 is 0 Å². The summed E-state index contributed by atoms with van der Waals surface area (Å²) in [7, 11) is 1.58. The maximum Gasteiger partial charge on any atom is 0.289 e. The molecule has 1 saturated heterocycles. The number of benzene rings is 2. The zero-order chi connectivity index (χ0) is 16.9. The van der Waals surface area contributed by atoms with Crippen molar-refractivity contribution in [1.29, 1.82) is 5.41 Å². The lowest BCUT2D eigenvalue weighted by molar-refractivity contribution is 0.265. The van der Waals surface area contributed by atoms with E-state index in [4.69, 9.17) is 14.9 Å². The van der Waals surface area contributed by atoms with Gasteiger partial charge >= 0.3 is 0 Å². The van der Waals surface area contributed by atoms with E-state index in [-0.39, 0.29) is 11.1 Å². The summed E-state index contributed by atoms with van der Waals surface area (Å²) in [6, 6.07) is 15.4. The van der Waals surface area contributed by atoms with Crippen molar-refractivity contribution in [3.05, 3.63) is 64.6 Å². The molecule has 5 nitrogen and oxygen atoms in total. The minimum absolute atomic E-state index is 0.119. The lowest BCUT2D eigenvalue weighted by Crippen LogP contribution is -2.17. The maximum absolute atomic E-state index is 11.3. The van der Waals surface area contributed by atoms with Crippen LogP contribution in [0.15, 0.2) is 53.4 Å². The quantitative estimate of drug-likeness (QED) is 0.861. The smallest absolute Gasteiger partial charge is 0.289 e. The fraction of sp³-hybridized carbons (Fsp3) is 0.111. The van der Waals surface area contributed by atoms with Crippen molar-refractivity contribution in [1.82, 2.24) is 5.32 Å². The van der Waals surface area contributed by atoms with Gasteiger partial charge in [-0.3, -0.25) is 10.2 Å². The van der Waals surface area contributed by atoms with E-state index >= 15 is 0 Å². The van der Waals surface area contributed by atoms with Crippen LogP contribution in [0.1, 0.15) is 11.1 Å². The van der Waals surface area contributed by atoms with Gasteiger partial charge in [-0.15, -0.1) is 0 Å². The molecule has 2 N–H and O–H groups in total. The zero-order valence-corrected chi connectivity index (χ0v) is 13.9. The second-order valence-corrected chi connectivity index (χ2v) is 6.10. The van der Waals surface area contributed by atoms with Gasteiger partial charge in [0.25, 0.3) is 5.24 Å². The molecular formula is C18H16N2O3S. The van der Waals surface area contributed by atoms with E-state index in [1.54, 1.807) is 13.2 Å². The first kappa shape index (κ1) is 16.1. The zero-order valence-electron chi connectivity index (χ0n) is 13.0. The Hall–Kier alpha value is -2.73. The molecule has 1 heterocycles. The molecule has 24 heavy (non-hydrogen) atoms. The lowest BCUT2D eigenvalue weighted by Gasteiger charge is -2.11. The molecule has 0 bridgehead atoms. The van der Waals surface area contributed by atoms with Crippen LogP contribution in [0.3, 0.4) is 0 Å². The van der Waals surface area contributed by atoms with Gasteiger partial charge in [-0.1, -0.05) is 36.4 Å². The standard InChI is InChI=1S/C18H16N2O3S/c1-22-15-9-13(10-16-17(19)20-18(21)24-16)7-8-14(15)23-11-12-5-3-2-4-6-12/h2-10H,11H2,1H3,(H2,19,20,21). The molecule has 0 unspecified atom stereocenters. The summed E-state index contributed by atoms with van der Waals surface area (Å²) in [5.74, 6) is 1.37. The fourth-order valence-electron chi connectivity index (χ4n) is 2.22. The summed E-state index contributed by atoms with van der Waals surface area (Å²) in [6.07, 6.45) is 1.77. The van der Waals surface area contributed by atoms with Crippen LogP contribution in [0.25, 0.3) is 6.08 Å². The largest absolute Gasteiger partial charge is 0.493 e. The summed E-state index contributed by atoms with van der Waals surface area (Å²) in [4.78, 5) is 11.9. The lowest BCUT2D eigenvalue weighted by atomic mass is 10.2. The van der Waals surface area contributed by atoms with Gasteiger partial charge in [0.05, 0.1) is 12.0 Å². The van der Waals surface area contributed by atoms with E-state index in [0.29, 0.717) is 23.0 Å². The summed E-state index contributed by atoms with van der Waals surface area (Å²) < 4.78 is 11.2. The summed E-state index contributed by atoms with van der Waals surface area (Å²) in [5, 5.41) is 9.92. The molecule has 0 aromatic heterocycles. The number of amidine groups is 1. The Labute approximate surface area is 144 Å². The van der Waals surface area contributed by atoms with Crippen LogP contribution in [-0.4, -0.2) is 18.2 Å². The Bertz CT molecular complexity index is 803. The Morgan fingerprint density at radius 3 is 2.62 bits per heavy atom. The van der Waals surface area contributed by atoms with E-state index in [9.17, 15) is 4.79 Å². The molecule has 0 radical (unpaired) electrons. The van der Waals surface area contributed by atoms with Gasteiger partial charge in [-0.25, -0.2) is 0 Å². The summed E-state index contributed by atoms with van der Waals surface area (Å²) in [6.45, 7) is 0.455. The van der Waals surface area contributed by atoms with Crippen molar-refractivity contribution in [2.75, 3.05) is 7.11 Å². The number of rotatable bonds is 5. The highest BCUT2D eigenvalue weighted by atomic mass is 32.2. The number of ether oxygens (including phenoxy) is 2. The van der Waals surface area contributed by atoms with Crippen LogP contribution >= 0.6 is 11.8 Å². The minimum atomic E-state index is -0.235. The first-order valence-corrected chi connectivity index (χ1v) is 8.11. The predicted octanol–water partition coefficient (Wildman–Crippen LogP) is 4.05. The van der Waals surface area contributed by atoms with E-state index in [0.717, 1.165) is 22.9 Å². The van der Waals surface area contributed by atoms with Crippen LogP contribution in [0.4, 0.5) is 4.79 Å². The first-order chi connectivity index (χ1) is 11.7. The highest BCUT2D eigenvalue weighted by Crippen LogP contribution is 2.32. The summed E-state index contributed by atoms with van der Waals surface area (Å²) >= 11 is 1.01. The van der Waals surface area contributed by atoms with Crippen molar-refractivity contribution in [2.24, 2.45) is 0 Å². The van der Waals surface area contributed by atoms with E-state index in [1.807, 2.05) is 48.5 Å². The third-order valence-corrected chi connectivity index (χ3v) is 4.23. The Balaban J connectivity index is 1.77. The minimum Gasteiger partial charge on any atom is -0.493 e. The number of hydrogen-bond acceptors (Lipinski definition) is 5. The van der Waals surface area contributed by atoms with Crippen molar-refractivity contribution < 1.29 is 14.3 Å². The highest BCUT2D eigenvalue weighted by Gasteiger charge is 2.21. The average Bonchev–Trinajstić information content (AvgIpc) is 2.91. The van der Waals surface area contributed by atoms with Gasteiger partial charge in [0, 0.05) is 0 Å². The Morgan fingerprint density at radius 2 is 1.96 bits per heavy atom. The fourth-order valence-corrected chi connectivity index (χ4v) is 2.92. The molecule has 122 valence electrons. The second-order valence-electron chi connectivity index (χ2n) is 5.08. The second kappa shape index (κ2) is 7.23. The van der Waals surface area contributed by atoms with E-state index in [1.165, 1.54) is 0 Å². The van der Waals surface area contributed by atoms with Crippen LogP contribution in [0, 0.1) is 5.41 Å². The van der Waals surface area contributed by atoms with Gasteiger partial charge in [0.1, 0.15) is 12.4 Å². The van der Waals surface area contributed by atoms with Gasteiger partial charge in [-0.2, -0.15) is 0 Å². The Kier molecular flexibility index (Phi) is 4.86. The number of thioether (sulfide) groups is 1. The third kappa shape index (κ3) is 3.78. The topological polar surface area (TPSA) is 71.4 Å². The average molecular weight is 340 g/mol. The number of carbonyl (C=O) groups excluding carboxylic acids is 1. The molecule has 0 saturated carbocycles. The predicted molar refractivity (Wildman–Crippen MR) is 95.6 cm³/mol. The number of amides is 1. The molecule has 6 heteroatoms.